The molecule has 3 heteroatoms. The summed E-state index contributed by atoms with van der Waals surface area (Å²) < 4.78 is 5.36. The van der Waals surface area contributed by atoms with Gasteiger partial charge < -0.3 is 15.8 Å². The highest BCUT2D eigenvalue weighted by Gasteiger charge is 2.26. The second kappa shape index (κ2) is 5.69. The highest BCUT2D eigenvalue weighted by molar-refractivity contribution is 4.85. The summed E-state index contributed by atoms with van der Waals surface area (Å²) in [6.45, 7) is 8.22. The van der Waals surface area contributed by atoms with E-state index in [1.807, 2.05) is 0 Å². The van der Waals surface area contributed by atoms with E-state index >= 15 is 0 Å². The molecule has 0 aromatic carbocycles. The normalized spacial score (nSPS) is 23.4. The second-order valence-electron chi connectivity index (χ2n) is 4.74. The summed E-state index contributed by atoms with van der Waals surface area (Å²) in [6, 6.07) is 0. The summed E-state index contributed by atoms with van der Waals surface area (Å²) in [4.78, 5) is 0. The Morgan fingerprint density at radius 1 is 1.43 bits per heavy atom. The minimum atomic E-state index is 0.293. The van der Waals surface area contributed by atoms with Crippen molar-refractivity contribution in [2.24, 2.45) is 11.7 Å². The average molecular weight is 200 g/mol. The SMILES string of the molecule is CC(CCN)CNC1(C)CCOCC1. The topological polar surface area (TPSA) is 47.3 Å². The molecule has 1 fully saturated rings. The van der Waals surface area contributed by atoms with Crippen molar-refractivity contribution in [2.45, 2.75) is 38.6 Å². The number of hydrogen-bond acceptors (Lipinski definition) is 3. The van der Waals surface area contributed by atoms with E-state index in [4.69, 9.17) is 10.5 Å². The Bertz CT molecular complexity index is 155. The fourth-order valence-corrected chi connectivity index (χ4v) is 1.81. The Kier molecular flexibility index (Phi) is 4.85. The van der Waals surface area contributed by atoms with Crippen LogP contribution in [0.25, 0.3) is 0 Å². The molecule has 1 saturated heterocycles. The lowest BCUT2D eigenvalue weighted by Gasteiger charge is -2.35. The Balaban J connectivity index is 2.21. The number of rotatable bonds is 5. The van der Waals surface area contributed by atoms with Gasteiger partial charge in [-0.25, -0.2) is 0 Å². The largest absolute Gasteiger partial charge is 0.381 e. The van der Waals surface area contributed by atoms with Gasteiger partial charge in [0.15, 0.2) is 0 Å². The van der Waals surface area contributed by atoms with E-state index in [1.165, 1.54) is 0 Å². The van der Waals surface area contributed by atoms with Crippen LogP contribution in [0.5, 0.6) is 0 Å². The number of ether oxygens (including phenoxy) is 1. The molecule has 1 aliphatic heterocycles. The Hall–Kier alpha value is -0.120. The van der Waals surface area contributed by atoms with Gasteiger partial charge in [-0.15, -0.1) is 0 Å². The van der Waals surface area contributed by atoms with E-state index in [9.17, 15) is 0 Å². The lowest BCUT2D eigenvalue weighted by atomic mass is 9.91. The minimum absolute atomic E-state index is 0.293. The third kappa shape index (κ3) is 3.95. The van der Waals surface area contributed by atoms with Crippen LogP contribution in [0.2, 0.25) is 0 Å². The van der Waals surface area contributed by atoms with E-state index in [2.05, 4.69) is 19.2 Å². The molecule has 0 aromatic heterocycles. The standard InChI is InChI=1S/C11H24N2O/c1-10(3-6-12)9-13-11(2)4-7-14-8-5-11/h10,13H,3-9,12H2,1-2H3. The molecule has 0 radical (unpaired) electrons. The molecule has 3 nitrogen and oxygen atoms in total. The first-order valence-electron chi connectivity index (χ1n) is 5.69. The van der Waals surface area contributed by atoms with E-state index in [0.29, 0.717) is 11.5 Å². The monoisotopic (exact) mass is 200 g/mol. The molecule has 1 aliphatic rings. The highest BCUT2D eigenvalue weighted by Crippen LogP contribution is 2.19. The summed E-state index contributed by atoms with van der Waals surface area (Å²) in [7, 11) is 0. The van der Waals surface area contributed by atoms with Crippen LogP contribution in [-0.4, -0.2) is 31.8 Å². The first-order chi connectivity index (χ1) is 6.66. The van der Waals surface area contributed by atoms with Crippen LogP contribution in [0.15, 0.2) is 0 Å². The van der Waals surface area contributed by atoms with Crippen LogP contribution in [0.1, 0.15) is 33.1 Å². The molecule has 0 bridgehead atoms. The molecular weight excluding hydrogens is 176 g/mol. The Morgan fingerprint density at radius 3 is 2.64 bits per heavy atom. The lowest BCUT2D eigenvalue weighted by molar-refractivity contribution is 0.0439. The van der Waals surface area contributed by atoms with Gasteiger partial charge in [-0.2, -0.15) is 0 Å². The number of hydrogen-bond donors (Lipinski definition) is 2. The molecule has 1 unspecified atom stereocenters. The molecule has 0 amide bonds. The van der Waals surface area contributed by atoms with E-state index in [-0.39, 0.29) is 0 Å². The maximum absolute atomic E-state index is 5.52. The molecule has 1 atom stereocenters. The lowest BCUT2D eigenvalue weighted by Crippen LogP contribution is -2.48. The van der Waals surface area contributed by atoms with Crippen LogP contribution in [-0.2, 0) is 4.74 Å². The molecule has 0 aliphatic carbocycles. The van der Waals surface area contributed by atoms with Crippen LogP contribution in [0.3, 0.4) is 0 Å². The van der Waals surface area contributed by atoms with Gasteiger partial charge in [0.2, 0.25) is 0 Å². The molecule has 0 spiro atoms. The van der Waals surface area contributed by atoms with Crippen molar-refractivity contribution in [1.82, 2.24) is 5.32 Å². The zero-order valence-corrected chi connectivity index (χ0v) is 9.51. The van der Waals surface area contributed by atoms with Crippen molar-refractivity contribution in [3.05, 3.63) is 0 Å². The van der Waals surface area contributed by atoms with Crippen LogP contribution in [0.4, 0.5) is 0 Å². The average Bonchev–Trinajstić information content (AvgIpc) is 2.17. The molecule has 1 rings (SSSR count). The van der Waals surface area contributed by atoms with Crippen molar-refractivity contribution >= 4 is 0 Å². The van der Waals surface area contributed by atoms with Gasteiger partial charge in [0.1, 0.15) is 0 Å². The molecular formula is C11H24N2O. The van der Waals surface area contributed by atoms with Gasteiger partial charge in [-0.05, 0) is 45.2 Å². The predicted molar refractivity (Wildman–Crippen MR) is 59.3 cm³/mol. The van der Waals surface area contributed by atoms with Crippen molar-refractivity contribution in [1.29, 1.82) is 0 Å². The van der Waals surface area contributed by atoms with Gasteiger partial charge in [0.25, 0.3) is 0 Å². The highest BCUT2D eigenvalue weighted by atomic mass is 16.5. The third-order valence-corrected chi connectivity index (χ3v) is 3.13. The van der Waals surface area contributed by atoms with Gasteiger partial charge in [0, 0.05) is 18.8 Å². The molecule has 0 aromatic rings. The maximum Gasteiger partial charge on any atom is 0.0483 e. The second-order valence-corrected chi connectivity index (χ2v) is 4.74. The molecule has 0 saturated carbocycles. The Labute approximate surface area is 87.4 Å². The van der Waals surface area contributed by atoms with Crippen LogP contribution in [0, 0.1) is 5.92 Å². The van der Waals surface area contributed by atoms with Crippen molar-refractivity contribution < 1.29 is 4.74 Å². The predicted octanol–water partition coefficient (Wildman–Crippen LogP) is 1.13. The molecule has 84 valence electrons. The fraction of sp³-hybridized carbons (Fsp3) is 1.00. The van der Waals surface area contributed by atoms with Crippen LogP contribution >= 0.6 is 0 Å². The summed E-state index contributed by atoms with van der Waals surface area (Å²) in [5, 5.41) is 3.65. The van der Waals surface area contributed by atoms with Gasteiger partial charge in [-0.3, -0.25) is 0 Å². The van der Waals surface area contributed by atoms with Gasteiger partial charge in [0.05, 0.1) is 0 Å². The van der Waals surface area contributed by atoms with Crippen molar-refractivity contribution in [3.8, 4) is 0 Å². The third-order valence-electron chi connectivity index (χ3n) is 3.13. The smallest absolute Gasteiger partial charge is 0.0483 e. The maximum atomic E-state index is 5.52. The van der Waals surface area contributed by atoms with Crippen molar-refractivity contribution in [2.75, 3.05) is 26.3 Å². The summed E-state index contributed by atoms with van der Waals surface area (Å²) in [5.74, 6) is 0.680. The van der Waals surface area contributed by atoms with Crippen molar-refractivity contribution in [3.63, 3.8) is 0 Å². The quantitative estimate of drug-likeness (QED) is 0.699. The van der Waals surface area contributed by atoms with Gasteiger partial charge in [-0.1, -0.05) is 6.92 Å². The summed E-state index contributed by atoms with van der Waals surface area (Å²) in [6.07, 6.45) is 3.37. The molecule has 3 N–H and O–H groups in total. The first-order valence-corrected chi connectivity index (χ1v) is 5.69. The van der Waals surface area contributed by atoms with E-state index in [1.54, 1.807) is 0 Å². The summed E-state index contributed by atoms with van der Waals surface area (Å²) >= 11 is 0. The zero-order chi connectivity index (χ0) is 10.4. The fourth-order valence-electron chi connectivity index (χ4n) is 1.81. The van der Waals surface area contributed by atoms with E-state index in [0.717, 1.165) is 45.6 Å². The molecule has 1 heterocycles. The molecule has 14 heavy (non-hydrogen) atoms. The first kappa shape index (κ1) is 12.0. The Morgan fingerprint density at radius 2 is 2.07 bits per heavy atom. The minimum Gasteiger partial charge on any atom is -0.381 e. The zero-order valence-electron chi connectivity index (χ0n) is 9.51. The van der Waals surface area contributed by atoms with Gasteiger partial charge >= 0.3 is 0 Å². The number of nitrogens with two attached hydrogens (primary N) is 1. The summed E-state index contributed by atoms with van der Waals surface area (Å²) in [5.41, 5.74) is 5.82. The van der Waals surface area contributed by atoms with E-state index < -0.39 is 0 Å². The van der Waals surface area contributed by atoms with Crippen LogP contribution < -0.4 is 11.1 Å². The number of nitrogens with one attached hydrogen (secondary N) is 1.